The Balaban J connectivity index is 0. The van der Waals surface area contributed by atoms with E-state index >= 15 is 0 Å². The van der Waals surface area contributed by atoms with E-state index in [0.29, 0.717) is 0 Å². The quantitative estimate of drug-likeness (QED) is 0.625. The first kappa shape index (κ1) is 13.9. The summed E-state index contributed by atoms with van der Waals surface area (Å²) >= 11 is 1.94. The van der Waals surface area contributed by atoms with Gasteiger partial charge in [-0.05, 0) is 23.8 Å². The van der Waals surface area contributed by atoms with E-state index < -0.39 is 0 Å². The summed E-state index contributed by atoms with van der Waals surface area (Å²) in [6, 6.07) is 0. The molecule has 1 atom stereocenters. The van der Waals surface area contributed by atoms with Crippen molar-refractivity contribution in [1.29, 1.82) is 0 Å². The summed E-state index contributed by atoms with van der Waals surface area (Å²) in [5, 5.41) is 0. The lowest BCUT2D eigenvalue weighted by molar-refractivity contribution is 0.465. The van der Waals surface area contributed by atoms with Gasteiger partial charge < -0.3 is 0 Å². The van der Waals surface area contributed by atoms with Gasteiger partial charge in [-0.3, -0.25) is 0 Å². The van der Waals surface area contributed by atoms with Crippen LogP contribution in [0.3, 0.4) is 0 Å². The molecule has 0 aliphatic carbocycles. The van der Waals surface area contributed by atoms with Crippen molar-refractivity contribution < 1.29 is 0 Å². The van der Waals surface area contributed by atoms with Crippen molar-refractivity contribution in [2.24, 2.45) is 11.8 Å². The van der Waals surface area contributed by atoms with E-state index in [9.17, 15) is 0 Å². The maximum absolute atomic E-state index is 2.31. The summed E-state index contributed by atoms with van der Waals surface area (Å²) in [6.45, 7) is 11.1. The maximum atomic E-state index is 2.31. The molecule has 70 valence electrons. The number of thioether (sulfide) groups is 1. The summed E-state index contributed by atoms with van der Waals surface area (Å²) in [5.74, 6) is 3.03. The van der Waals surface area contributed by atoms with Gasteiger partial charge in [-0.25, -0.2) is 0 Å². The average Bonchev–Trinajstić information content (AvgIpc) is 1.90. The molecule has 0 nitrogen and oxygen atoms in total. The van der Waals surface area contributed by atoms with Crippen molar-refractivity contribution in [2.45, 2.75) is 41.0 Å². The minimum absolute atomic E-state index is 0.849. The van der Waals surface area contributed by atoms with Crippen LogP contribution in [0.2, 0.25) is 0 Å². The molecular weight excluding hydrogens is 152 g/mol. The van der Waals surface area contributed by atoms with Gasteiger partial charge >= 0.3 is 0 Å². The predicted octanol–water partition coefficient (Wildman–Crippen LogP) is 4.06. The predicted molar refractivity (Wildman–Crippen MR) is 58.3 cm³/mol. The second-order valence-corrected chi connectivity index (χ2v) is 4.29. The van der Waals surface area contributed by atoms with E-state index in [1.165, 1.54) is 12.2 Å². The Morgan fingerprint density at radius 1 is 1.09 bits per heavy atom. The third-order valence-electron chi connectivity index (χ3n) is 1.57. The third kappa shape index (κ3) is 13.4. The molecule has 0 heterocycles. The highest BCUT2D eigenvalue weighted by Gasteiger charge is 2.03. The molecule has 0 rings (SSSR count). The molecule has 0 saturated heterocycles. The van der Waals surface area contributed by atoms with Crippen molar-refractivity contribution in [3.05, 3.63) is 0 Å². The van der Waals surface area contributed by atoms with Gasteiger partial charge in [0.25, 0.3) is 0 Å². The lowest BCUT2D eigenvalue weighted by atomic mass is 10.0. The lowest BCUT2D eigenvalue weighted by Gasteiger charge is -2.12. The van der Waals surface area contributed by atoms with Crippen LogP contribution in [0.5, 0.6) is 0 Å². The fourth-order valence-corrected chi connectivity index (χ4v) is 1.37. The molecule has 11 heavy (non-hydrogen) atoms. The Morgan fingerprint density at radius 3 is 1.55 bits per heavy atom. The SMILES string of the molecule is CCC.CSCC(C)C(C)C. The van der Waals surface area contributed by atoms with Gasteiger partial charge in [0.15, 0.2) is 0 Å². The molecular formula is C10H24S. The van der Waals surface area contributed by atoms with Gasteiger partial charge in [0.2, 0.25) is 0 Å². The van der Waals surface area contributed by atoms with Gasteiger partial charge in [0.1, 0.15) is 0 Å². The zero-order valence-corrected chi connectivity index (χ0v) is 9.79. The normalized spacial score (nSPS) is 12.3. The Hall–Kier alpha value is 0.350. The molecule has 0 aromatic rings. The average molecular weight is 176 g/mol. The zero-order valence-electron chi connectivity index (χ0n) is 8.98. The largest absolute Gasteiger partial charge is 0.165 e. The van der Waals surface area contributed by atoms with Crippen molar-refractivity contribution in [3.8, 4) is 0 Å². The van der Waals surface area contributed by atoms with Crippen LogP contribution in [0, 0.1) is 11.8 Å². The monoisotopic (exact) mass is 176 g/mol. The van der Waals surface area contributed by atoms with E-state index in [-0.39, 0.29) is 0 Å². The summed E-state index contributed by atoms with van der Waals surface area (Å²) in [7, 11) is 0. The minimum atomic E-state index is 0.849. The molecule has 0 aromatic carbocycles. The van der Waals surface area contributed by atoms with Gasteiger partial charge in [0.05, 0.1) is 0 Å². The standard InChI is InChI=1S/C7H16S.C3H8/c1-6(2)7(3)5-8-4;1-3-2/h6-7H,5H2,1-4H3;3H2,1-2H3. The second-order valence-electron chi connectivity index (χ2n) is 3.38. The first-order chi connectivity index (χ1) is 5.09. The van der Waals surface area contributed by atoms with Crippen LogP contribution in [-0.4, -0.2) is 12.0 Å². The van der Waals surface area contributed by atoms with Gasteiger partial charge in [-0.15, -0.1) is 0 Å². The number of hydrogen-bond acceptors (Lipinski definition) is 1. The second kappa shape index (κ2) is 10.3. The Labute approximate surface area is 77.2 Å². The number of rotatable bonds is 3. The van der Waals surface area contributed by atoms with E-state index in [1.54, 1.807) is 0 Å². The minimum Gasteiger partial charge on any atom is -0.165 e. The van der Waals surface area contributed by atoms with E-state index in [0.717, 1.165) is 11.8 Å². The van der Waals surface area contributed by atoms with Crippen molar-refractivity contribution in [3.63, 3.8) is 0 Å². The van der Waals surface area contributed by atoms with Gasteiger partial charge in [-0.2, -0.15) is 11.8 Å². The summed E-state index contributed by atoms with van der Waals surface area (Å²) < 4.78 is 0. The summed E-state index contributed by atoms with van der Waals surface area (Å²) in [4.78, 5) is 0. The van der Waals surface area contributed by atoms with E-state index in [4.69, 9.17) is 0 Å². The molecule has 0 aliphatic heterocycles. The topological polar surface area (TPSA) is 0 Å². The van der Waals surface area contributed by atoms with E-state index in [2.05, 4.69) is 40.9 Å². The van der Waals surface area contributed by atoms with Crippen molar-refractivity contribution in [2.75, 3.05) is 12.0 Å². The molecule has 0 spiro atoms. The summed E-state index contributed by atoms with van der Waals surface area (Å²) in [5.41, 5.74) is 0. The molecule has 1 unspecified atom stereocenters. The fraction of sp³-hybridized carbons (Fsp3) is 1.00. The fourth-order valence-electron chi connectivity index (χ4n) is 0.455. The molecule has 0 radical (unpaired) electrons. The zero-order chi connectivity index (χ0) is 9.28. The van der Waals surface area contributed by atoms with Crippen molar-refractivity contribution >= 4 is 11.8 Å². The molecule has 0 aromatic heterocycles. The van der Waals surface area contributed by atoms with Crippen molar-refractivity contribution in [1.82, 2.24) is 0 Å². The molecule has 0 aliphatic rings. The molecule has 1 heteroatoms. The van der Waals surface area contributed by atoms with Crippen LogP contribution in [0.15, 0.2) is 0 Å². The van der Waals surface area contributed by atoms with Gasteiger partial charge in [-0.1, -0.05) is 41.0 Å². The molecule has 0 fully saturated rings. The number of hydrogen-bond donors (Lipinski definition) is 0. The highest BCUT2D eigenvalue weighted by atomic mass is 32.2. The third-order valence-corrected chi connectivity index (χ3v) is 2.43. The van der Waals surface area contributed by atoms with Crippen LogP contribution >= 0.6 is 11.8 Å². The maximum Gasteiger partial charge on any atom is -0.00421 e. The van der Waals surface area contributed by atoms with Crippen LogP contribution in [0.25, 0.3) is 0 Å². The molecule has 0 amide bonds. The van der Waals surface area contributed by atoms with Gasteiger partial charge in [0, 0.05) is 0 Å². The Bertz CT molecular complexity index is 59.9. The summed E-state index contributed by atoms with van der Waals surface area (Å²) in [6.07, 6.45) is 3.42. The smallest absolute Gasteiger partial charge is 0.00421 e. The first-order valence-electron chi connectivity index (χ1n) is 4.58. The Kier molecular flexibility index (Phi) is 13.1. The van der Waals surface area contributed by atoms with Crippen LogP contribution in [0.4, 0.5) is 0 Å². The first-order valence-corrected chi connectivity index (χ1v) is 5.98. The molecule has 0 N–H and O–H groups in total. The molecule has 0 bridgehead atoms. The molecule has 0 saturated carbocycles. The van der Waals surface area contributed by atoms with E-state index in [1.807, 2.05) is 11.8 Å². The Morgan fingerprint density at radius 2 is 1.45 bits per heavy atom. The van der Waals surface area contributed by atoms with Crippen LogP contribution in [0.1, 0.15) is 41.0 Å². The van der Waals surface area contributed by atoms with Crippen LogP contribution in [-0.2, 0) is 0 Å². The lowest BCUT2D eigenvalue weighted by Crippen LogP contribution is -2.05. The highest BCUT2D eigenvalue weighted by molar-refractivity contribution is 7.98. The van der Waals surface area contributed by atoms with Crippen LogP contribution < -0.4 is 0 Å². The highest BCUT2D eigenvalue weighted by Crippen LogP contribution is 2.13.